The summed E-state index contributed by atoms with van der Waals surface area (Å²) in [7, 11) is 0. The highest BCUT2D eigenvalue weighted by Crippen LogP contribution is 2.25. The van der Waals surface area contributed by atoms with Crippen LogP contribution in [0.25, 0.3) is 0 Å². The summed E-state index contributed by atoms with van der Waals surface area (Å²) in [5.74, 6) is -0.260. The number of halogens is 2. The summed E-state index contributed by atoms with van der Waals surface area (Å²) < 4.78 is 14.1. The molecule has 0 aliphatic heterocycles. The molecule has 0 amide bonds. The van der Waals surface area contributed by atoms with Crippen LogP contribution in [0.1, 0.15) is 22.7 Å². The van der Waals surface area contributed by atoms with Crippen molar-refractivity contribution in [3.05, 3.63) is 69.4 Å². The summed E-state index contributed by atoms with van der Waals surface area (Å²) >= 11 is 3.47. The van der Waals surface area contributed by atoms with E-state index in [4.69, 9.17) is 5.73 Å². The Morgan fingerprint density at radius 3 is 2.47 bits per heavy atom. The number of hydrogen-bond acceptors (Lipinski definition) is 1. The van der Waals surface area contributed by atoms with Crippen molar-refractivity contribution < 1.29 is 4.39 Å². The zero-order valence-electron chi connectivity index (χ0n) is 9.45. The molecule has 2 aromatic rings. The van der Waals surface area contributed by atoms with Gasteiger partial charge >= 0.3 is 0 Å². The minimum atomic E-state index is -0.303. The highest BCUT2D eigenvalue weighted by Gasteiger charge is 2.10. The van der Waals surface area contributed by atoms with E-state index >= 15 is 0 Å². The molecule has 0 aromatic heterocycles. The van der Waals surface area contributed by atoms with Crippen LogP contribution in [0.2, 0.25) is 0 Å². The predicted molar refractivity (Wildman–Crippen MR) is 71.3 cm³/mol. The number of rotatable bonds is 2. The van der Waals surface area contributed by atoms with E-state index in [0.717, 1.165) is 21.2 Å². The zero-order chi connectivity index (χ0) is 12.4. The lowest BCUT2D eigenvalue weighted by Gasteiger charge is -2.13. The molecule has 1 nitrogen and oxygen atoms in total. The minimum absolute atomic E-state index is 0.260. The van der Waals surface area contributed by atoms with Crippen LogP contribution in [0.3, 0.4) is 0 Å². The average Bonchev–Trinajstić information content (AvgIpc) is 2.32. The van der Waals surface area contributed by atoms with Crippen LogP contribution >= 0.6 is 15.9 Å². The molecule has 0 aliphatic carbocycles. The summed E-state index contributed by atoms with van der Waals surface area (Å²) in [6, 6.07) is 12.0. The van der Waals surface area contributed by atoms with Crippen LogP contribution in [-0.4, -0.2) is 0 Å². The van der Waals surface area contributed by atoms with Crippen molar-refractivity contribution in [1.82, 2.24) is 0 Å². The summed E-state index contributed by atoms with van der Waals surface area (Å²) in [5, 5.41) is 0. The van der Waals surface area contributed by atoms with E-state index in [1.165, 1.54) is 12.1 Å². The molecule has 0 saturated heterocycles. The van der Waals surface area contributed by atoms with Crippen molar-refractivity contribution in [1.29, 1.82) is 0 Å². The normalized spacial score (nSPS) is 12.5. The molecule has 1 unspecified atom stereocenters. The van der Waals surface area contributed by atoms with Crippen LogP contribution in [0.15, 0.2) is 46.9 Å². The van der Waals surface area contributed by atoms with E-state index in [-0.39, 0.29) is 11.9 Å². The predicted octanol–water partition coefficient (Wildman–Crippen LogP) is 3.94. The van der Waals surface area contributed by atoms with Gasteiger partial charge in [-0.2, -0.15) is 0 Å². The molecule has 0 fully saturated rings. The third-order valence-corrected chi connectivity index (χ3v) is 3.62. The van der Waals surface area contributed by atoms with Gasteiger partial charge in [-0.3, -0.25) is 0 Å². The Hall–Kier alpha value is -1.19. The second kappa shape index (κ2) is 4.98. The van der Waals surface area contributed by atoms with Crippen molar-refractivity contribution in [3.8, 4) is 0 Å². The van der Waals surface area contributed by atoms with Gasteiger partial charge in [0.25, 0.3) is 0 Å². The second-order valence-corrected chi connectivity index (χ2v) is 4.90. The smallest absolute Gasteiger partial charge is 0.123 e. The van der Waals surface area contributed by atoms with Gasteiger partial charge < -0.3 is 5.73 Å². The minimum Gasteiger partial charge on any atom is -0.320 e. The average molecular weight is 294 g/mol. The molecule has 0 radical (unpaired) electrons. The van der Waals surface area contributed by atoms with E-state index in [1.54, 1.807) is 6.07 Å². The third kappa shape index (κ3) is 2.73. The molecule has 2 aromatic carbocycles. The first-order chi connectivity index (χ1) is 8.08. The van der Waals surface area contributed by atoms with Gasteiger partial charge in [0.05, 0.1) is 6.04 Å². The molecule has 1 atom stereocenters. The molecule has 2 N–H and O–H groups in total. The Morgan fingerprint density at radius 2 is 1.82 bits per heavy atom. The van der Waals surface area contributed by atoms with Crippen molar-refractivity contribution in [2.75, 3.05) is 0 Å². The van der Waals surface area contributed by atoms with E-state index in [2.05, 4.69) is 15.9 Å². The standard InChI is InChI=1S/C14H13BrFN/c1-9-5-6-11(8-13(9)15)14(17)10-3-2-4-12(16)7-10/h2-8,14H,17H2,1H3. The summed E-state index contributed by atoms with van der Waals surface area (Å²) in [6.07, 6.45) is 0. The topological polar surface area (TPSA) is 26.0 Å². The van der Waals surface area contributed by atoms with Gasteiger partial charge in [0.1, 0.15) is 5.82 Å². The Bertz CT molecular complexity index is 539. The van der Waals surface area contributed by atoms with Crippen LogP contribution < -0.4 is 5.73 Å². The molecule has 0 heterocycles. The number of aryl methyl sites for hydroxylation is 1. The van der Waals surface area contributed by atoms with E-state index in [1.807, 2.05) is 31.2 Å². The molecule has 3 heteroatoms. The van der Waals surface area contributed by atoms with Gasteiger partial charge in [0.2, 0.25) is 0 Å². The maximum atomic E-state index is 13.1. The van der Waals surface area contributed by atoms with Gasteiger partial charge in [-0.1, -0.05) is 40.2 Å². The molecular formula is C14H13BrFN. The molecule has 17 heavy (non-hydrogen) atoms. The molecule has 0 bridgehead atoms. The highest BCUT2D eigenvalue weighted by atomic mass is 79.9. The van der Waals surface area contributed by atoms with Gasteiger partial charge in [-0.15, -0.1) is 0 Å². The number of benzene rings is 2. The first kappa shape index (κ1) is 12.3. The van der Waals surface area contributed by atoms with Crippen molar-refractivity contribution in [2.24, 2.45) is 5.73 Å². The lowest BCUT2D eigenvalue weighted by atomic mass is 9.99. The molecular weight excluding hydrogens is 281 g/mol. The fourth-order valence-corrected chi connectivity index (χ4v) is 2.09. The molecule has 0 aliphatic rings. The quantitative estimate of drug-likeness (QED) is 0.892. The largest absolute Gasteiger partial charge is 0.320 e. The number of nitrogens with two attached hydrogens (primary N) is 1. The maximum Gasteiger partial charge on any atom is 0.123 e. The Labute approximate surface area is 109 Å². The van der Waals surface area contributed by atoms with Gasteiger partial charge in [0, 0.05) is 4.47 Å². The van der Waals surface area contributed by atoms with E-state index in [9.17, 15) is 4.39 Å². The first-order valence-electron chi connectivity index (χ1n) is 5.35. The first-order valence-corrected chi connectivity index (χ1v) is 6.14. The molecule has 0 spiro atoms. The van der Waals surface area contributed by atoms with Crippen molar-refractivity contribution in [2.45, 2.75) is 13.0 Å². The Kier molecular flexibility index (Phi) is 3.60. The molecule has 0 saturated carbocycles. The summed E-state index contributed by atoms with van der Waals surface area (Å²) in [5.41, 5.74) is 9.01. The highest BCUT2D eigenvalue weighted by molar-refractivity contribution is 9.10. The van der Waals surface area contributed by atoms with Crippen molar-refractivity contribution in [3.63, 3.8) is 0 Å². The van der Waals surface area contributed by atoms with Crippen LogP contribution in [0, 0.1) is 12.7 Å². The Balaban J connectivity index is 2.36. The monoisotopic (exact) mass is 293 g/mol. The van der Waals surface area contributed by atoms with Crippen molar-refractivity contribution >= 4 is 15.9 Å². The zero-order valence-corrected chi connectivity index (χ0v) is 11.0. The molecule has 2 rings (SSSR count). The fourth-order valence-electron chi connectivity index (χ4n) is 1.70. The molecule has 88 valence electrons. The van der Waals surface area contributed by atoms with E-state index < -0.39 is 0 Å². The Morgan fingerprint density at radius 1 is 1.12 bits per heavy atom. The maximum absolute atomic E-state index is 13.1. The third-order valence-electron chi connectivity index (χ3n) is 2.76. The number of hydrogen-bond donors (Lipinski definition) is 1. The summed E-state index contributed by atoms with van der Waals surface area (Å²) in [6.45, 7) is 2.02. The van der Waals surface area contributed by atoms with E-state index in [0.29, 0.717) is 0 Å². The van der Waals surface area contributed by atoms with Crippen LogP contribution in [0.4, 0.5) is 4.39 Å². The lowest BCUT2D eigenvalue weighted by Crippen LogP contribution is -2.12. The summed E-state index contributed by atoms with van der Waals surface area (Å²) in [4.78, 5) is 0. The SMILES string of the molecule is Cc1ccc(C(N)c2cccc(F)c2)cc1Br. The van der Waals surface area contributed by atoms with Crippen LogP contribution in [0.5, 0.6) is 0 Å². The van der Waals surface area contributed by atoms with Gasteiger partial charge in [0.15, 0.2) is 0 Å². The second-order valence-electron chi connectivity index (χ2n) is 4.04. The van der Waals surface area contributed by atoms with Gasteiger partial charge in [-0.25, -0.2) is 4.39 Å². The van der Waals surface area contributed by atoms with Crippen LogP contribution in [-0.2, 0) is 0 Å². The van der Waals surface area contributed by atoms with Gasteiger partial charge in [-0.05, 0) is 41.8 Å². The lowest BCUT2D eigenvalue weighted by molar-refractivity contribution is 0.623. The fraction of sp³-hybridized carbons (Fsp3) is 0.143.